The summed E-state index contributed by atoms with van der Waals surface area (Å²) in [5, 5.41) is 15.2. The molecule has 5 rings (SSSR count). The third-order valence-electron chi connectivity index (χ3n) is 6.70. The third kappa shape index (κ3) is 7.52. The molecule has 2 heterocycles. The molecule has 2 aromatic heterocycles. The zero-order valence-corrected chi connectivity index (χ0v) is 25.2. The number of nitrogens with zero attached hydrogens (tertiary/aromatic N) is 3. The molecule has 3 aromatic carbocycles. The van der Waals surface area contributed by atoms with Gasteiger partial charge in [-0.2, -0.15) is 16.9 Å². The van der Waals surface area contributed by atoms with Crippen LogP contribution in [0.25, 0.3) is 16.5 Å². The molecule has 3 N–H and O–H groups in total. The molecule has 0 bridgehead atoms. The van der Waals surface area contributed by atoms with Crippen molar-refractivity contribution < 1.29 is 14.3 Å². The summed E-state index contributed by atoms with van der Waals surface area (Å²) in [4.78, 5) is 29.5. The van der Waals surface area contributed by atoms with E-state index in [1.807, 2.05) is 79.9 Å². The standard InChI is InChI=1S/C33H34N6O3S/c1-4-5-8-23-19-31(39(38-23)24-13-11-22(2)12-14-24)37-33(41)35-28-15-16-29(27-10-7-6-9-26(27)28)42-25-17-18-34-30(20-25)36-32(40)21-43-3/h6-7,9-20H,4-5,8,21H2,1-3H3,(H,34,36,40)(H2,35,37,41). The van der Waals surface area contributed by atoms with Crippen LogP contribution in [-0.2, 0) is 11.2 Å². The normalized spacial score (nSPS) is 10.9. The zero-order valence-electron chi connectivity index (χ0n) is 24.4. The maximum Gasteiger partial charge on any atom is 0.324 e. The first-order valence-corrected chi connectivity index (χ1v) is 15.5. The molecule has 5 aromatic rings. The Morgan fingerprint density at radius 1 is 0.930 bits per heavy atom. The first kappa shape index (κ1) is 29.7. The summed E-state index contributed by atoms with van der Waals surface area (Å²) in [6.07, 6.45) is 6.36. The van der Waals surface area contributed by atoms with Crippen molar-refractivity contribution in [2.75, 3.05) is 28.0 Å². The van der Waals surface area contributed by atoms with Crippen LogP contribution in [0.15, 0.2) is 85.1 Å². The van der Waals surface area contributed by atoms with Gasteiger partial charge in [-0.05, 0) is 56.4 Å². The van der Waals surface area contributed by atoms with E-state index in [-0.39, 0.29) is 11.9 Å². The van der Waals surface area contributed by atoms with E-state index in [2.05, 4.69) is 27.9 Å². The highest BCUT2D eigenvalue weighted by Gasteiger charge is 2.15. The van der Waals surface area contributed by atoms with Crippen molar-refractivity contribution >= 4 is 51.8 Å². The summed E-state index contributed by atoms with van der Waals surface area (Å²) >= 11 is 1.44. The van der Waals surface area contributed by atoms with Gasteiger partial charge in [0.15, 0.2) is 0 Å². The van der Waals surface area contributed by atoms with Gasteiger partial charge in [0.2, 0.25) is 5.91 Å². The number of aryl methyl sites for hydroxylation is 2. The third-order valence-corrected chi connectivity index (χ3v) is 7.25. The molecule has 0 radical (unpaired) electrons. The van der Waals surface area contributed by atoms with E-state index in [9.17, 15) is 9.59 Å². The van der Waals surface area contributed by atoms with Crippen LogP contribution in [0.2, 0.25) is 0 Å². The van der Waals surface area contributed by atoms with Crippen LogP contribution in [0.1, 0.15) is 31.0 Å². The van der Waals surface area contributed by atoms with Crippen LogP contribution in [0.5, 0.6) is 11.5 Å². The fourth-order valence-electron chi connectivity index (χ4n) is 4.60. The van der Waals surface area contributed by atoms with Crippen molar-refractivity contribution in [2.45, 2.75) is 33.1 Å². The number of hydrogen-bond acceptors (Lipinski definition) is 6. The lowest BCUT2D eigenvalue weighted by atomic mass is 10.1. The number of benzene rings is 3. The molecule has 0 saturated carbocycles. The van der Waals surface area contributed by atoms with Gasteiger partial charge in [0.1, 0.15) is 23.1 Å². The number of thioether (sulfide) groups is 1. The number of urea groups is 1. The smallest absolute Gasteiger partial charge is 0.324 e. The number of nitrogens with one attached hydrogen (secondary N) is 3. The van der Waals surface area contributed by atoms with Crippen LogP contribution >= 0.6 is 11.8 Å². The quantitative estimate of drug-likeness (QED) is 0.144. The Hall–Kier alpha value is -4.83. The number of rotatable bonds is 11. The summed E-state index contributed by atoms with van der Waals surface area (Å²) in [5.74, 6) is 2.35. The molecule has 0 aliphatic carbocycles. The van der Waals surface area contributed by atoms with Gasteiger partial charge >= 0.3 is 6.03 Å². The molecular weight excluding hydrogens is 560 g/mol. The Morgan fingerprint density at radius 3 is 2.49 bits per heavy atom. The second-order valence-corrected chi connectivity index (χ2v) is 10.9. The molecule has 0 fully saturated rings. The van der Waals surface area contributed by atoms with Crippen LogP contribution < -0.4 is 20.7 Å². The lowest BCUT2D eigenvalue weighted by Crippen LogP contribution is -2.21. The predicted octanol–water partition coefficient (Wildman–Crippen LogP) is 7.81. The predicted molar refractivity (Wildman–Crippen MR) is 175 cm³/mol. The highest BCUT2D eigenvalue weighted by atomic mass is 32.2. The summed E-state index contributed by atoms with van der Waals surface area (Å²) in [5.41, 5.74) is 3.58. The molecule has 3 amide bonds. The molecule has 43 heavy (non-hydrogen) atoms. The van der Waals surface area contributed by atoms with Crippen molar-refractivity contribution in [1.82, 2.24) is 14.8 Å². The molecule has 0 aliphatic rings. The van der Waals surface area contributed by atoms with Gasteiger partial charge in [0.05, 0.1) is 22.8 Å². The minimum atomic E-state index is -0.381. The average molecular weight is 595 g/mol. The lowest BCUT2D eigenvalue weighted by Gasteiger charge is -2.14. The fourth-order valence-corrected chi connectivity index (χ4v) is 4.94. The van der Waals surface area contributed by atoms with Gasteiger partial charge < -0.3 is 15.4 Å². The van der Waals surface area contributed by atoms with Gasteiger partial charge in [-0.15, -0.1) is 0 Å². The Kier molecular flexibility index (Phi) is 9.58. The fraction of sp³-hybridized carbons (Fsp3) is 0.212. The first-order chi connectivity index (χ1) is 20.9. The Labute approximate surface area is 255 Å². The summed E-state index contributed by atoms with van der Waals surface area (Å²) in [6, 6.07) is 24.3. The van der Waals surface area contributed by atoms with Crippen molar-refractivity contribution in [2.24, 2.45) is 0 Å². The maximum absolute atomic E-state index is 13.3. The molecule has 0 unspecified atom stereocenters. The average Bonchev–Trinajstić information content (AvgIpc) is 3.40. The molecule has 0 spiro atoms. The number of fused-ring (bicyclic) bond motifs is 1. The summed E-state index contributed by atoms with van der Waals surface area (Å²) in [6.45, 7) is 4.18. The first-order valence-electron chi connectivity index (χ1n) is 14.1. The molecule has 220 valence electrons. The van der Waals surface area contributed by atoms with E-state index in [1.54, 1.807) is 23.0 Å². The minimum absolute atomic E-state index is 0.129. The largest absolute Gasteiger partial charge is 0.457 e. The number of aromatic nitrogens is 3. The summed E-state index contributed by atoms with van der Waals surface area (Å²) in [7, 11) is 0. The molecular formula is C33H34N6O3S. The van der Waals surface area contributed by atoms with E-state index >= 15 is 0 Å². The summed E-state index contributed by atoms with van der Waals surface area (Å²) < 4.78 is 7.97. The highest BCUT2D eigenvalue weighted by Crippen LogP contribution is 2.35. The molecule has 0 atom stereocenters. The van der Waals surface area contributed by atoms with Crippen LogP contribution in [-0.4, -0.2) is 38.7 Å². The Balaban J connectivity index is 1.36. The second-order valence-electron chi connectivity index (χ2n) is 10.1. The topological polar surface area (TPSA) is 110 Å². The van der Waals surface area contributed by atoms with E-state index in [1.165, 1.54) is 11.8 Å². The van der Waals surface area contributed by atoms with Crippen molar-refractivity contribution in [3.63, 3.8) is 0 Å². The highest BCUT2D eigenvalue weighted by molar-refractivity contribution is 7.99. The zero-order chi connectivity index (χ0) is 30.2. The number of unbranched alkanes of at least 4 members (excludes halogenated alkanes) is 1. The number of ether oxygens (including phenoxy) is 1. The Morgan fingerprint density at radius 2 is 1.72 bits per heavy atom. The number of anilines is 3. The van der Waals surface area contributed by atoms with Crippen molar-refractivity contribution in [3.05, 3.63) is 96.3 Å². The number of carbonyl (C=O) groups excluding carboxylic acids is 2. The maximum atomic E-state index is 13.3. The molecule has 0 aliphatic heterocycles. The van der Waals surface area contributed by atoms with Gasteiger partial charge in [0, 0.05) is 29.1 Å². The van der Waals surface area contributed by atoms with E-state index in [0.717, 1.165) is 47.0 Å². The molecule has 10 heteroatoms. The van der Waals surface area contributed by atoms with E-state index < -0.39 is 0 Å². The number of amides is 3. The number of carbonyl (C=O) groups is 2. The number of pyridine rings is 1. The van der Waals surface area contributed by atoms with Crippen LogP contribution in [0, 0.1) is 6.92 Å². The van der Waals surface area contributed by atoms with Crippen LogP contribution in [0.3, 0.4) is 0 Å². The van der Waals surface area contributed by atoms with Crippen molar-refractivity contribution in [1.29, 1.82) is 0 Å². The second kappa shape index (κ2) is 13.9. The van der Waals surface area contributed by atoms with Crippen molar-refractivity contribution in [3.8, 4) is 17.2 Å². The lowest BCUT2D eigenvalue weighted by molar-refractivity contribution is -0.113. The van der Waals surface area contributed by atoms with E-state index in [4.69, 9.17) is 9.84 Å². The Bertz CT molecular complexity index is 1740. The number of hydrogen-bond donors (Lipinski definition) is 3. The van der Waals surface area contributed by atoms with Gasteiger partial charge in [-0.25, -0.2) is 14.5 Å². The van der Waals surface area contributed by atoms with Gasteiger partial charge in [-0.3, -0.25) is 10.1 Å². The minimum Gasteiger partial charge on any atom is -0.457 e. The van der Waals surface area contributed by atoms with Gasteiger partial charge in [0.25, 0.3) is 0 Å². The molecule has 0 saturated heterocycles. The van der Waals surface area contributed by atoms with E-state index in [0.29, 0.717) is 34.6 Å². The van der Waals surface area contributed by atoms with Gasteiger partial charge in [-0.1, -0.05) is 55.3 Å². The molecule has 9 nitrogen and oxygen atoms in total. The SMILES string of the molecule is CCCCc1cc(NC(=O)Nc2ccc(Oc3ccnc(NC(=O)CSC)c3)c3ccccc23)n(-c2ccc(C)cc2)n1. The monoisotopic (exact) mass is 594 g/mol. The van der Waals surface area contributed by atoms with Crippen LogP contribution in [0.4, 0.5) is 22.1 Å².